The Balaban J connectivity index is 2.45. The van der Waals surface area contributed by atoms with E-state index in [4.69, 9.17) is 0 Å². The number of hydrogen-bond acceptors (Lipinski definition) is 4. The second-order valence-corrected chi connectivity index (χ2v) is 7.35. The van der Waals surface area contributed by atoms with Gasteiger partial charge in [-0.2, -0.15) is 0 Å². The predicted molar refractivity (Wildman–Crippen MR) is 96.5 cm³/mol. The second-order valence-electron chi connectivity index (χ2n) is 7.35. The largest absolute Gasteiger partial charge is 0.341 e. The molecule has 0 atom stereocenters. The van der Waals surface area contributed by atoms with E-state index in [9.17, 15) is 14.4 Å². The van der Waals surface area contributed by atoms with Crippen molar-refractivity contribution in [3.05, 3.63) is 27.2 Å². The molecule has 8 nitrogen and oxygen atoms in total. The van der Waals surface area contributed by atoms with Crippen LogP contribution >= 0.6 is 0 Å². The van der Waals surface area contributed by atoms with Crippen LogP contribution < -0.4 is 11.2 Å². The zero-order chi connectivity index (χ0) is 18.9. The number of rotatable bonds is 6. The molecule has 2 heterocycles. The molecular formula is C17H27N5O3. The number of fused-ring (bicyclic) bond motifs is 1. The molecule has 8 heteroatoms. The van der Waals surface area contributed by atoms with Crippen LogP contribution in [0.15, 0.2) is 15.9 Å². The van der Waals surface area contributed by atoms with E-state index in [1.54, 1.807) is 23.6 Å². The summed E-state index contributed by atoms with van der Waals surface area (Å²) in [6, 6.07) is 0. The van der Waals surface area contributed by atoms with Crippen LogP contribution in [0.1, 0.15) is 27.7 Å². The lowest BCUT2D eigenvalue weighted by atomic mass is 10.1. The fraction of sp³-hybridized carbons (Fsp3) is 0.647. The van der Waals surface area contributed by atoms with E-state index in [0.717, 1.165) is 4.57 Å². The minimum Gasteiger partial charge on any atom is -0.341 e. The Kier molecular flexibility index (Phi) is 5.49. The lowest BCUT2D eigenvalue weighted by molar-refractivity contribution is -0.133. The number of imidazole rings is 1. The molecule has 2 rings (SSSR count). The van der Waals surface area contributed by atoms with Crippen LogP contribution in [0.5, 0.6) is 0 Å². The third-order valence-electron chi connectivity index (χ3n) is 4.02. The van der Waals surface area contributed by atoms with Gasteiger partial charge in [-0.15, -0.1) is 0 Å². The Morgan fingerprint density at radius 1 is 1.12 bits per heavy atom. The molecule has 25 heavy (non-hydrogen) atoms. The summed E-state index contributed by atoms with van der Waals surface area (Å²) in [5, 5.41) is 0. The summed E-state index contributed by atoms with van der Waals surface area (Å²) in [5.74, 6) is 0.395. The lowest BCUT2D eigenvalue weighted by Crippen LogP contribution is -2.46. The van der Waals surface area contributed by atoms with Gasteiger partial charge in [-0.25, -0.2) is 14.3 Å². The Bertz CT molecular complexity index is 878. The Morgan fingerprint density at radius 3 is 2.20 bits per heavy atom. The van der Waals surface area contributed by atoms with Crippen molar-refractivity contribution in [3.63, 3.8) is 0 Å². The standard InChI is InChI=1S/C17H27N5O3/c1-11(2)7-21(8-12(3)4)13(23)9-22-16(24)14-15(18-10-19(14)5)20(6)17(22)25/h10-12H,7-9H2,1-6H3. The maximum Gasteiger partial charge on any atom is 0.332 e. The lowest BCUT2D eigenvalue weighted by Gasteiger charge is -2.26. The molecule has 0 bridgehead atoms. The molecule has 0 saturated carbocycles. The molecule has 0 aliphatic rings. The van der Waals surface area contributed by atoms with Gasteiger partial charge in [0.05, 0.1) is 6.33 Å². The van der Waals surface area contributed by atoms with Crippen molar-refractivity contribution in [3.8, 4) is 0 Å². The predicted octanol–water partition coefficient (Wildman–Crippen LogP) is 0.574. The van der Waals surface area contributed by atoms with Crippen LogP contribution in [0, 0.1) is 11.8 Å². The first-order chi connectivity index (χ1) is 11.6. The smallest absolute Gasteiger partial charge is 0.332 e. The average molecular weight is 349 g/mol. The van der Waals surface area contributed by atoms with E-state index < -0.39 is 11.2 Å². The molecule has 0 unspecified atom stereocenters. The molecule has 0 aliphatic heterocycles. The molecule has 2 aromatic rings. The minimum absolute atomic E-state index is 0.219. The van der Waals surface area contributed by atoms with Gasteiger partial charge >= 0.3 is 5.69 Å². The first-order valence-corrected chi connectivity index (χ1v) is 8.52. The van der Waals surface area contributed by atoms with Crippen LogP contribution in [0.4, 0.5) is 0 Å². The number of aryl methyl sites for hydroxylation is 2. The van der Waals surface area contributed by atoms with Crippen LogP contribution in [-0.2, 0) is 25.4 Å². The van der Waals surface area contributed by atoms with E-state index in [-0.39, 0.29) is 12.5 Å². The van der Waals surface area contributed by atoms with Crippen molar-refractivity contribution < 1.29 is 4.79 Å². The maximum absolute atomic E-state index is 12.8. The molecule has 0 spiro atoms. The molecule has 138 valence electrons. The van der Waals surface area contributed by atoms with Crippen LogP contribution in [0.2, 0.25) is 0 Å². The normalized spacial score (nSPS) is 11.7. The number of nitrogens with zero attached hydrogens (tertiary/aromatic N) is 5. The van der Waals surface area contributed by atoms with Crippen molar-refractivity contribution in [1.82, 2.24) is 23.6 Å². The van der Waals surface area contributed by atoms with Gasteiger partial charge in [-0.1, -0.05) is 27.7 Å². The van der Waals surface area contributed by atoms with Gasteiger partial charge in [-0.05, 0) is 11.8 Å². The van der Waals surface area contributed by atoms with Gasteiger partial charge in [0, 0.05) is 27.2 Å². The monoisotopic (exact) mass is 349 g/mol. The highest BCUT2D eigenvalue weighted by Crippen LogP contribution is 2.06. The number of hydrogen-bond donors (Lipinski definition) is 0. The zero-order valence-electron chi connectivity index (χ0n) is 15.8. The zero-order valence-corrected chi connectivity index (χ0v) is 15.8. The van der Waals surface area contributed by atoms with Crippen molar-refractivity contribution in [2.75, 3.05) is 13.1 Å². The molecule has 0 fully saturated rings. The van der Waals surface area contributed by atoms with Gasteiger partial charge in [0.1, 0.15) is 6.54 Å². The van der Waals surface area contributed by atoms with E-state index in [0.29, 0.717) is 36.1 Å². The van der Waals surface area contributed by atoms with Gasteiger partial charge in [-0.3, -0.25) is 14.2 Å². The number of amides is 1. The summed E-state index contributed by atoms with van der Waals surface area (Å²) in [7, 11) is 3.25. The molecule has 2 aromatic heterocycles. The summed E-state index contributed by atoms with van der Waals surface area (Å²) in [6.07, 6.45) is 1.49. The van der Waals surface area contributed by atoms with Gasteiger partial charge in [0.25, 0.3) is 5.56 Å². The topological polar surface area (TPSA) is 82.1 Å². The molecule has 0 aromatic carbocycles. The van der Waals surface area contributed by atoms with E-state index in [2.05, 4.69) is 4.98 Å². The molecule has 1 amide bonds. The van der Waals surface area contributed by atoms with E-state index >= 15 is 0 Å². The van der Waals surface area contributed by atoms with Crippen molar-refractivity contribution in [2.24, 2.45) is 25.9 Å². The number of carbonyl (C=O) groups excluding carboxylic acids is 1. The summed E-state index contributed by atoms with van der Waals surface area (Å²) < 4.78 is 3.87. The molecule has 0 aliphatic carbocycles. The summed E-state index contributed by atoms with van der Waals surface area (Å²) >= 11 is 0. The van der Waals surface area contributed by atoms with E-state index in [1.807, 2.05) is 27.7 Å². The quantitative estimate of drug-likeness (QED) is 0.764. The first-order valence-electron chi connectivity index (χ1n) is 8.52. The van der Waals surface area contributed by atoms with Gasteiger partial charge < -0.3 is 9.47 Å². The third-order valence-corrected chi connectivity index (χ3v) is 4.02. The first kappa shape index (κ1) is 19.0. The molecular weight excluding hydrogens is 322 g/mol. The van der Waals surface area contributed by atoms with E-state index in [1.165, 1.54) is 10.9 Å². The number of aromatic nitrogens is 4. The summed E-state index contributed by atoms with van der Waals surface area (Å²) in [6.45, 7) is 9.08. The molecule has 0 saturated heterocycles. The molecule has 0 N–H and O–H groups in total. The summed E-state index contributed by atoms with van der Waals surface area (Å²) in [5.41, 5.74) is -0.379. The summed E-state index contributed by atoms with van der Waals surface area (Å²) in [4.78, 5) is 43.8. The Hall–Kier alpha value is -2.38. The van der Waals surface area contributed by atoms with Gasteiger partial charge in [0.15, 0.2) is 11.2 Å². The highest BCUT2D eigenvalue weighted by molar-refractivity contribution is 5.77. The SMILES string of the molecule is CC(C)CN(CC(C)C)C(=O)Cn1c(=O)c2c(ncn2C)n(C)c1=O. The molecule has 0 radical (unpaired) electrons. The van der Waals surface area contributed by atoms with Crippen molar-refractivity contribution in [1.29, 1.82) is 0 Å². The van der Waals surface area contributed by atoms with Crippen LogP contribution in [0.25, 0.3) is 11.2 Å². The maximum atomic E-state index is 12.8. The van der Waals surface area contributed by atoms with Gasteiger partial charge in [0.2, 0.25) is 5.91 Å². The highest BCUT2D eigenvalue weighted by Gasteiger charge is 2.21. The highest BCUT2D eigenvalue weighted by atomic mass is 16.2. The van der Waals surface area contributed by atoms with Crippen molar-refractivity contribution >= 4 is 17.1 Å². The minimum atomic E-state index is -0.529. The Morgan fingerprint density at radius 2 is 1.68 bits per heavy atom. The number of carbonyl (C=O) groups is 1. The average Bonchev–Trinajstić information content (AvgIpc) is 2.89. The third kappa shape index (κ3) is 3.83. The van der Waals surface area contributed by atoms with Crippen molar-refractivity contribution in [2.45, 2.75) is 34.2 Å². The van der Waals surface area contributed by atoms with Crippen LogP contribution in [-0.4, -0.2) is 42.6 Å². The van der Waals surface area contributed by atoms with Crippen LogP contribution in [0.3, 0.4) is 0 Å². The Labute approximate surface area is 146 Å². The second kappa shape index (κ2) is 7.25. The fourth-order valence-corrected chi connectivity index (χ4v) is 2.93. The fourth-order valence-electron chi connectivity index (χ4n) is 2.93.